The average molecular weight is 202 g/mol. The van der Waals surface area contributed by atoms with Crippen LogP contribution in [0.15, 0.2) is 11.2 Å². The van der Waals surface area contributed by atoms with Gasteiger partial charge in [-0.15, -0.1) is 0 Å². The van der Waals surface area contributed by atoms with Crippen LogP contribution in [0.3, 0.4) is 0 Å². The molecule has 0 aliphatic heterocycles. The van der Waals surface area contributed by atoms with E-state index in [0.29, 0.717) is 5.82 Å². The highest BCUT2D eigenvalue weighted by Gasteiger charge is 2.16. The maximum atomic E-state index is 11.4. The van der Waals surface area contributed by atoms with Gasteiger partial charge in [-0.1, -0.05) is 0 Å². The van der Waals surface area contributed by atoms with Gasteiger partial charge in [-0.2, -0.15) is 0 Å². The lowest BCUT2D eigenvalue weighted by Gasteiger charge is -1.98. The van der Waals surface area contributed by atoms with Crippen LogP contribution in [-0.2, 0) is 17.1 Å². The first-order valence-electron chi connectivity index (χ1n) is 3.76. The van der Waals surface area contributed by atoms with E-state index in [2.05, 4.69) is 16.6 Å². The number of nitrogens with one attached hydrogen (secondary N) is 1. The van der Waals surface area contributed by atoms with Gasteiger partial charge >= 0.3 is 0 Å². The summed E-state index contributed by atoms with van der Waals surface area (Å²) in [5.41, 5.74) is 0. The number of sulfonamides is 1. The molecule has 0 aliphatic carbocycles. The Morgan fingerprint density at radius 2 is 2.31 bits per heavy atom. The van der Waals surface area contributed by atoms with Gasteiger partial charge in [0.1, 0.15) is 5.82 Å². The molecule has 0 fully saturated rings. The van der Waals surface area contributed by atoms with Gasteiger partial charge in [-0.3, -0.25) is 0 Å². The number of hydrogen-bond donors (Lipinski definition) is 1. The van der Waals surface area contributed by atoms with Crippen molar-refractivity contribution in [2.75, 3.05) is 6.54 Å². The summed E-state index contributed by atoms with van der Waals surface area (Å²) in [4.78, 5) is 3.89. The van der Waals surface area contributed by atoms with Crippen LogP contribution < -0.4 is 4.72 Å². The summed E-state index contributed by atoms with van der Waals surface area (Å²) in [6.07, 6.45) is 1.47. The smallest absolute Gasteiger partial charge is 0.259 e. The van der Waals surface area contributed by atoms with Crippen molar-refractivity contribution in [2.24, 2.45) is 7.05 Å². The molecule has 1 aromatic heterocycles. The van der Waals surface area contributed by atoms with Crippen LogP contribution in [-0.4, -0.2) is 24.5 Å². The normalized spacial score (nSPS) is 11.9. The molecule has 1 radical (unpaired) electrons. The van der Waals surface area contributed by atoms with Crippen LogP contribution in [0, 0.1) is 13.8 Å². The molecule has 0 atom stereocenters. The highest BCUT2D eigenvalue weighted by atomic mass is 32.2. The van der Waals surface area contributed by atoms with Crippen molar-refractivity contribution in [3.8, 4) is 0 Å². The highest BCUT2D eigenvalue weighted by Crippen LogP contribution is 2.06. The zero-order valence-electron chi connectivity index (χ0n) is 7.61. The lowest BCUT2D eigenvalue weighted by molar-refractivity contribution is 0.582. The van der Waals surface area contributed by atoms with Gasteiger partial charge < -0.3 is 4.57 Å². The molecule has 13 heavy (non-hydrogen) atoms. The minimum absolute atomic E-state index is 0.0381. The van der Waals surface area contributed by atoms with Gasteiger partial charge in [-0.05, 0) is 13.8 Å². The van der Waals surface area contributed by atoms with E-state index in [4.69, 9.17) is 0 Å². The lowest BCUT2D eigenvalue weighted by atomic mass is 10.7. The van der Waals surface area contributed by atoms with E-state index >= 15 is 0 Å². The van der Waals surface area contributed by atoms with Crippen LogP contribution in [0.1, 0.15) is 5.82 Å². The number of imidazole rings is 1. The fourth-order valence-corrected chi connectivity index (χ4v) is 1.83. The maximum absolute atomic E-state index is 11.4. The molecule has 6 heteroatoms. The van der Waals surface area contributed by atoms with Gasteiger partial charge in [-0.25, -0.2) is 18.1 Å². The number of aryl methyl sites for hydroxylation is 2. The summed E-state index contributed by atoms with van der Waals surface area (Å²) in [6, 6.07) is 0. The van der Waals surface area contributed by atoms with Crippen molar-refractivity contribution in [2.45, 2.75) is 11.9 Å². The van der Waals surface area contributed by atoms with Crippen LogP contribution in [0.5, 0.6) is 0 Å². The fourth-order valence-electron chi connectivity index (χ4n) is 0.864. The van der Waals surface area contributed by atoms with Crippen molar-refractivity contribution in [3.63, 3.8) is 0 Å². The Labute approximate surface area is 77.8 Å². The van der Waals surface area contributed by atoms with Gasteiger partial charge in [0.25, 0.3) is 10.0 Å². The zero-order valence-corrected chi connectivity index (χ0v) is 8.43. The molecular formula is C7H12N3O2S. The van der Waals surface area contributed by atoms with Gasteiger partial charge in [0.05, 0.1) is 0 Å². The topological polar surface area (TPSA) is 64.0 Å². The van der Waals surface area contributed by atoms with Crippen LogP contribution in [0.2, 0.25) is 0 Å². The van der Waals surface area contributed by atoms with E-state index in [1.807, 2.05) is 0 Å². The minimum atomic E-state index is -3.46. The Bertz CT molecular complexity index is 374. The van der Waals surface area contributed by atoms with E-state index in [9.17, 15) is 8.42 Å². The molecule has 0 bridgehead atoms. The summed E-state index contributed by atoms with van der Waals surface area (Å²) < 4.78 is 26.7. The molecule has 73 valence electrons. The molecule has 0 aromatic carbocycles. The van der Waals surface area contributed by atoms with E-state index in [1.165, 1.54) is 6.20 Å². The van der Waals surface area contributed by atoms with Gasteiger partial charge in [0, 0.05) is 19.8 Å². The lowest BCUT2D eigenvalue weighted by Crippen LogP contribution is -2.23. The summed E-state index contributed by atoms with van der Waals surface area (Å²) in [6.45, 7) is 5.26. The molecule has 0 saturated carbocycles. The van der Waals surface area contributed by atoms with Crippen molar-refractivity contribution in [1.29, 1.82) is 0 Å². The number of rotatable bonds is 3. The molecule has 1 rings (SSSR count). The second-order valence-electron chi connectivity index (χ2n) is 2.64. The highest BCUT2D eigenvalue weighted by molar-refractivity contribution is 7.89. The second kappa shape index (κ2) is 3.47. The largest absolute Gasteiger partial charge is 0.337 e. The van der Waals surface area contributed by atoms with E-state index < -0.39 is 10.0 Å². The number of nitrogens with zero attached hydrogens (tertiary/aromatic N) is 2. The Morgan fingerprint density at radius 1 is 1.69 bits per heavy atom. The van der Waals surface area contributed by atoms with E-state index in [0.717, 1.165) is 0 Å². The van der Waals surface area contributed by atoms with Crippen molar-refractivity contribution >= 4 is 10.0 Å². The summed E-state index contributed by atoms with van der Waals surface area (Å²) in [7, 11) is -1.71. The summed E-state index contributed by atoms with van der Waals surface area (Å²) in [5.74, 6) is 0.657. The molecule has 1 N–H and O–H groups in total. The van der Waals surface area contributed by atoms with Crippen molar-refractivity contribution in [1.82, 2.24) is 14.3 Å². The molecule has 0 aliphatic rings. The molecule has 0 spiro atoms. The second-order valence-corrected chi connectivity index (χ2v) is 4.35. The van der Waals surface area contributed by atoms with Crippen LogP contribution >= 0.6 is 0 Å². The molecule has 0 saturated heterocycles. The third-order valence-electron chi connectivity index (χ3n) is 1.65. The molecular weight excluding hydrogens is 190 g/mol. The Hall–Kier alpha value is -0.880. The first-order chi connectivity index (χ1) is 5.97. The Balaban J connectivity index is 3.08. The van der Waals surface area contributed by atoms with E-state index in [-0.39, 0.29) is 11.6 Å². The molecule has 5 nitrogen and oxygen atoms in total. The molecule has 1 heterocycles. The third kappa shape index (κ3) is 2.07. The monoisotopic (exact) mass is 202 g/mol. The minimum Gasteiger partial charge on any atom is -0.337 e. The first-order valence-corrected chi connectivity index (χ1v) is 5.24. The zero-order chi connectivity index (χ0) is 10.1. The average Bonchev–Trinajstić information content (AvgIpc) is 2.33. The van der Waals surface area contributed by atoms with Crippen LogP contribution in [0.4, 0.5) is 0 Å². The number of aromatic nitrogens is 2. The van der Waals surface area contributed by atoms with E-state index in [1.54, 1.807) is 18.5 Å². The number of hydrogen-bond acceptors (Lipinski definition) is 3. The summed E-state index contributed by atoms with van der Waals surface area (Å²) in [5, 5.41) is 0.0381. The maximum Gasteiger partial charge on any atom is 0.259 e. The predicted octanol–water partition coefficient (Wildman–Crippen LogP) is -0.159. The third-order valence-corrected chi connectivity index (χ3v) is 2.99. The SMILES string of the molecule is [CH2]CNS(=O)(=O)c1cn(C)c(C)n1. The molecule has 1 aromatic rings. The van der Waals surface area contributed by atoms with Gasteiger partial charge in [0.2, 0.25) is 0 Å². The van der Waals surface area contributed by atoms with Crippen molar-refractivity contribution < 1.29 is 8.42 Å². The Kier molecular flexibility index (Phi) is 2.72. The quantitative estimate of drug-likeness (QED) is 0.740. The first kappa shape index (κ1) is 10.2. The van der Waals surface area contributed by atoms with Crippen molar-refractivity contribution in [3.05, 3.63) is 18.9 Å². The summed E-state index contributed by atoms with van der Waals surface area (Å²) >= 11 is 0. The van der Waals surface area contributed by atoms with Gasteiger partial charge in [0.15, 0.2) is 5.03 Å². The standard InChI is InChI=1S/C7H12N3O2S/c1-4-8-13(11,12)7-5-10(3)6(2)9-7/h5,8H,1,4H2,2-3H3. The molecule has 0 amide bonds. The van der Waals surface area contributed by atoms with Crippen LogP contribution in [0.25, 0.3) is 0 Å². The molecule has 0 unspecified atom stereocenters. The Morgan fingerprint density at radius 3 is 2.69 bits per heavy atom. The fraction of sp³-hybridized carbons (Fsp3) is 0.429. The predicted molar refractivity (Wildman–Crippen MR) is 48.5 cm³/mol.